The number of halogens is 1. The number of piperidine rings is 2. The molecule has 4 rings (SSSR count). The van der Waals surface area contributed by atoms with Crippen LogP contribution in [-0.4, -0.2) is 53.0 Å². The van der Waals surface area contributed by atoms with Gasteiger partial charge in [0.25, 0.3) is 0 Å². The van der Waals surface area contributed by atoms with Crippen LogP contribution in [0.2, 0.25) is 0 Å². The van der Waals surface area contributed by atoms with Crippen molar-refractivity contribution in [1.29, 1.82) is 0 Å². The summed E-state index contributed by atoms with van der Waals surface area (Å²) in [6, 6.07) is 14.0. The van der Waals surface area contributed by atoms with Crippen molar-refractivity contribution in [3.8, 4) is 0 Å². The number of hydrogen-bond donors (Lipinski definition) is 1. The monoisotopic (exact) mass is 368 g/mol. The van der Waals surface area contributed by atoms with E-state index in [9.17, 15) is 4.39 Å². The molecule has 1 N–H and O–H groups in total. The van der Waals surface area contributed by atoms with Crippen molar-refractivity contribution in [2.75, 3.05) is 31.5 Å². The highest BCUT2D eigenvalue weighted by Gasteiger charge is 2.28. The molecule has 3 heterocycles. The van der Waals surface area contributed by atoms with Crippen LogP contribution in [-0.2, 0) is 6.54 Å². The lowest BCUT2D eigenvalue weighted by Crippen LogP contribution is -2.50. The smallest absolute Gasteiger partial charge is 0.123 e. The lowest BCUT2D eigenvalue weighted by molar-refractivity contribution is 0.0851. The highest BCUT2D eigenvalue weighted by Crippen LogP contribution is 2.23. The maximum atomic E-state index is 13.1. The summed E-state index contributed by atoms with van der Waals surface area (Å²) >= 11 is 0. The quantitative estimate of drug-likeness (QED) is 0.871. The topological polar surface area (TPSA) is 31.4 Å². The average Bonchev–Trinajstić information content (AvgIpc) is 2.71. The van der Waals surface area contributed by atoms with Gasteiger partial charge in [-0.15, -0.1) is 0 Å². The Hall–Kier alpha value is -1.98. The molecule has 0 bridgehead atoms. The molecule has 2 aliphatic heterocycles. The second kappa shape index (κ2) is 8.81. The zero-order valence-corrected chi connectivity index (χ0v) is 15.9. The van der Waals surface area contributed by atoms with Gasteiger partial charge in [0, 0.05) is 50.1 Å². The zero-order valence-electron chi connectivity index (χ0n) is 15.9. The Morgan fingerprint density at radius 3 is 2.56 bits per heavy atom. The second-order valence-electron chi connectivity index (χ2n) is 7.81. The first kappa shape index (κ1) is 18.4. The molecule has 1 atom stereocenters. The summed E-state index contributed by atoms with van der Waals surface area (Å²) in [6.07, 6.45) is 6.76. The number of hydrogen-bond acceptors (Lipinski definition) is 4. The van der Waals surface area contributed by atoms with Gasteiger partial charge in [-0.05, 0) is 68.6 Å². The Labute approximate surface area is 161 Å². The van der Waals surface area contributed by atoms with Gasteiger partial charge in [-0.2, -0.15) is 0 Å². The van der Waals surface area contributed by atoms with Crippen LogP contribution in [0, 0.1) is 5.82 Å². The molecule has 5 heteroatoms. The summed E-state index contributed by atoms with van der Waals surface area (Å²) in [5.41, 5.74) is 2.19. The molecule has 0 radical (unpaired) electrons. The van der Waals surface area contributed by atoms with Gasteiger partial charge in [0.05, 0.1) is 5.69 Å². The molecule has 2 saturated heterocycles. The van der Waals surface area contributed by atoms with Crippen LogP contribution in [0.3, 0.4) is 0 Å². The molecule has 1 unspecified atom stereocenters. The highest BCUT2D eigenvalue weighted by molar-refractivity contribution is 5.43. The number of aromatic nitrogens is 1. The number of likely N-dealkylation sites (tertiary alicyclic amines) is 2. The first-order valence-corrected chi connectivity index (χ1v) is 10.1. The van der Waals surface area contributed by atoms with E-state index in [4.69, 9.17) is 0 Å². The minimum atomic E-state index is -0.178. The van der Waals surface area contributed by atoms with Crippen LogP contribution >= 0.6 is 0 Å². The third kappa shape index (κ3) is 5.05. The van der Waals surface area contributed by atoms with Crippen LogP contribution in [0.1, 0.15) is 31.4 Å². The Morgan fingerprint density at radius 2 is 1.81 bits per heavy atom. The summed E-state index contributed by atoms with van der Waals surface area (Å²) in [6.45, 7) is 5.54. The summed E-state index contributed by atoms with van der Waals surface area (Å²) in [7, 11) is 0. The fourth-order valence-electron chi connectivity index (χ4n) is 4.40. The molecule has 2 aliphatic rings. The van der Waals surface area contributed by atoms with E-state index < -0.39 is 0 Å². The maximum Gasteiger partial charge on any atom is 0.123 e. The average molecular weight is 369 g/mol. The standard InChI is InChI=1S/C22H29FN4/c23-18-6-8-19(9-7-18)25-21-5-3-13-27(17-21)22-10-14-26(15-11-22)16-20-4-1-2-12-24-20/h1-2,4,6-9,12,21-22,25H,3,5,10-11,13-17H2. The van der Waals surface area contributed by atoms with E-state index in [0.717, 1.165) is 37.6 Å². The fraction of sp³-hybridized carbons (Fsp3) is 0.500. The molecule has 1 aromatic heterocycles. The van der Waals surface area contributed by atoms with Crippen molar-refractivity contribution in [1.82, 2.24) is 14.8 Å². The molecule has 1 aromatic carbocycles. The summed E-state index contributed by atoms with van der Waals surface area (Å²) in [5.74, 6) is -0.178. The maximum absolute atomic E-state index is 13.1. The second-order valence-corrected chi connectivity index (χ2v) is 7.81. The van der Waals surface area contributed by atoms with Gasteiger partial charge in [-0.25, -0.2) is 4.39 Å². The molecule has 0 spiro atoms. The largest absolute Gasteiger partial charge is 0.381 e. The molecule has 144 valence electrons. The molecule has 2 aromatic rings. The van der Waals surface area contributed by atoms with Crippen LogP contribution in [0.4, 0.5) is 10.1 Å². The van der Waals surface area contributed by atoms with Gasteiger partial charge in [0.1, 0.15) is 5.82 Å². The Bertz CT molecular complexity index is 698. The first-order chi connectivity index (χ1) is 13.3. The van der Waals surface area contributed by atoms with Crippen LogP contribution in [0.15, 0.2) is 48.7 Å². The van der Waals surface area contributed by atoms with E-state index in [-0.39, 0.29) is 5.82 Å². The van der Waals surface area contributed by atoms with Crippen molar-refractivity contribution >= 4 is 5.69 Å². The molecular formula is C22H29FN4. The van der Waals surface area contributed by atoms with Crippen molar-refractivity contribution in [3.05, 3.63) is 60.2 Å². The minimum Gasteiger partial charge on any atom is -0.381 e. The molecule has 0 aliphatic carbocycles. The number of nitrogens with zero attached hydrogens (tertiary/aromatic N) is 3. The summed E-state index contributed by atoms with van der Waals surface area (Å²) < 4.78 is 13.1. The predicted octanol–water partition coefficient (Wildman–Crippen LogP) is 3.76. The van der Waals surface area contributed by atoms with Gasteiger partial charge < -0.3 is 5.32 Å². The van der Waals surface area contributed by atoms with Gasteiger partial charge in [0.2, 0.25) is 0 Å². The van der Waals surface area contributed by atoms with Crippen molar-refractivity contribution in [2.24, 2.45) is 0 Å². The Balaban J connectivity index is 1.26. The summed E-state index contributed by atoms with van der Waals surface area (Å²) in [5, 5.41) is 3.59. The van der Waals surface area contributed by atoms with E-state index >= 15 is 0 Å². The lowest BCUT2D eigenvalue weighted by atomic mass is 9.97. The van der Waals surface area contributed by atoms with Crippen LogP contribution in [0.25, 0.3) is 0 Å². The SMILES string of the molecule is Fc1ccc(NC2CCCN(C3CCN(Cc4ccccn4)CC3)C2)cc1. The van der Waals surface area contributed by atoms with Gasteiger partial charge in [-0.1, -0.05) is 6.07 Å². The van der Waals surface area contributed by atoms with E-state index in [2.05, 4.69) is 32.2 Å². The number of rotatable bonds is 5. The molecule has 0 saturated carbocycles. The van der Waals surface area contributed by atoms with E-state index in [1.165, 1.54) is 44.4 Å². The Morgan fingerprint density at radius 1 is 1.00 bits per heavy atom. The molecular weight excluding hydrogens is 339 g/mol. The molecule has 27 heavy (non-hydrogen) atoms. The number of benzene rings is 1. The minimum absolute atomic E-state index is 0.178. The lowest BCUT2D eigenvalue weighted by Gasteiger charge is -2.42. The van der Waals surface area contributed by atoms with Gasteiger partial charge >= 0.3 is 0 Å². The molecule has 2 fully saturated rings. The Kier molecular flexibility index (Phi) is 6.00. The van der Waals surface area contributed by atoms with E-state index in [1.807, 2.05) is 24.4 Å². The van der Waals surface area contributed by atoms with Crippen LogP contribution in [0.5, 0.6) is 0 Å². The van der Waals surface area contributed by atoms with Crippen molar-refractivity contribution < 1.29 is 4.39 Å². The number of pyridine rings is 1. The van der Waals surface area contributed by atoms with Gasteiger partial charge in [-0.3, -0.25) is 14.8 Å². The zero-order chi connectivity index (χ0) is 18.5. The molecule has 0 amide bonds. The van der Waals surface area contributed by atoms with Crippen LogP contribution < -0.4 is 5.32 Å². The normalized spacial score (nSPS) is 22.6. The first-order valence-electron chi connectivity index (χ1n) is 10.1. The fourth-order valence-corrected chi connectivity index (χ4v) is 4.40. The predicted molar refractivity (Wildman–Crippen MR) is 107 cm³/mol. The third-order valence-corrected chi connectivity index (χ3v) is 5.85. The molecule has 4 nitrogen and oxygen atoms in total. The summed E-state index contributed by atoms with van der Waals surface area (Å²) in [4.78, 5) is 9.65. The number of nitrogens with one attached hydrogen (secondary N) is 1. The third-order valence-electron chi connectivity index (χ3n) is 5.85. The number of anilines is 1. The van der Waals surface area contributed by atoms with E-state index in [0.29, 0.717) is 12.1 Å². The van der Waals surface area contributed by atoms with Gasteiger partial charge in [0.15, 0.2) is 0 Å². The van der Waals surface area contributed by atoms with Crippen molar-refractivity contribution in [3.63, 3.8) is 0 Å². The van der Waals surface area contributed by atoms with Crippen molar-refractivity contribution in [2.45, 2.75) is 44.3 Å². The highest BCUT2D eigenvalue weighted by atomic mass is 19.1. The van der Waals surface area contributed by atoms with E-state index in [1.54, 1.807) is 0 Å².